The van der Waals surface area contributed by atoms with Crippen LogP contribution in [0.2, 0.25) is 0 Å². The first kappa shape index (κ1) is 14.9. The van der Waals surface area contributed by atoms with Gasteiger partial charge in [-0.15, -0.1) is 0 Å². The van der Waals surface area contributed by atoms with E-state index in [-0.39, 0.29) is 12.5 Å². The number of nitrogens with zero attached hydrogens (tertiary/aromatic N) is 1. The summed E-state index contributed by atoms with van der Waals surface area (Å²) in [5.74, 6) is -0.0707. The summed E-state index contributed by atoms with van der Waals surface area (Å²) in [7, 11) is -1.26. The Hall–Kier alpha value is -1.20. The minimum Gasteiger partial charge on any atom is -0.354 e. The van der Waals surface area contributed by atoms with Crippen LogP contribution in [0.1, 0.15) is 20.8 Å². The highest BCUT2D eigenvalue weighted by Gasteiger charge is 2.22. The van der Waals surface area contributed by atoms with Crippen LogP contribution in [0.4, 0.5) is 0 Å². The number of amides is 1. The van der Waals surface area contributed by atoms with E-state index in [0.29, 0.717) is 13.1 Å². The van der Waals surface area contributed by atoms with Crippen molar-refractivity contribution in [3.63, 3.8) is 0 Å². The number of hydrogen-bond donors (Lipinski definition) is 1. The first-order chi connectivity index (χ1) is 8.58. The Morgan fingerprint density at radius 3 is 2.61 bits per heavy atom. The van der Waals surface area contributed by atoms with Crippen LogP contribution in [0.15, 0.2) is 34.8 Å². The molecule has 0 radical (unpaired) electrons. The fourth-order valence-electron chi connectivity index (χ4n) is 1.47. The molecule has 0 aromatic heterocycles. The van der Waals surface area contributed by atoms with Gasteiger partial charge in [0.25, 0.3) is 0 Å². The van der Waals surface area contributed by atoms with Crippen molar-refractivity contribution in [3.05, 3.63) is 34.8 Å². The van der Waals surface area contributed by atoms with Crippen LogP contribution in [0, 0.1) is 0 Å². The van der Waals surface area contributed by atoms with Gasteiger partial charge in [-0.05, 0) is 26.8 Å². The average molecular weight is 268 g/mol. The van der Waals surface area contributed by atoms with Gasteiger partial charge in [0, 0.05) is 13.1 Å². The van der Waals surface area contributed by atoms with Gasteiger partial charge in [-0.2, -0.15) is 0 Å². The molecule has 0 saturated carbocycles. The molecule has 1 fully saturated rings. The molecule has 0 aromatic rings. The maximum Gasteiger partial charge on any atom is 0.235 e. The highest BCUT2D eigenvalue weighted by molar-refractivity contribution is 7.86. The van der Waals surface area contributed by atoms with Crippen LogP contribution in [-0.4, -0.2) is 34.1 Å². The summed E-state index contributed by atoms with van der Waals surface area (Å²) >= 11 is 0. The van der Waals surface area contributed by atoms with E-state index >= 15 is 0 Å². The third-order valence-corrected chi connectivity index (χ3v) is 4.25. The van der Waals surface area contributed by atoms with Gasteiger partial charge in [-0.1, -0.05) is 23.8 Å². The standard InChI is InChI=1S/C13H20N2O2S/c1-4-11(3)6-7-12(5-2)18(17)15-9-8-14-13(16)10-15/h4-7H,8-10H2,1-3H3,(H,14,16)/b7-6-,11-4-,12-5+. The maximum absolute atomic E-state index is 12.3. The molecule has 0 aromatic carbocycles. The van der Waals surface area contributed by atoms with E-state index in [2.05, 4.69) is 5.32 Å². The second-order valence-corrected chi connectivity index (χ2v) is 5.51. The Bertz CT molecular complexity index is 425. The molecule has 0 aliphatic carbocycles. The first-order valence-corrected chi connectivity index (χ1v) is 7.10. The molecular weight excluding hydrogens is 248 g/mol. The summed E-state index contributed by atoms with van der Waals surface area (Å²) in [5.41, 5.74) is 1.11. The number of carbonyl (C=O) groups excluding carboxylic acids is 1. The van der Waals surface area contributed by atoms with Crippen LogP contribution >= 0.6 is 0 Å². The zero-order chi connectivity index (χ0) is 13.5. The summed E-state index contributed by atoms with van der Waals surface area (Å²) in [6.45, 7) is 7.17. The molecule has 4 nitrogen and oxygen atoms in total. The lowest BCUT2D eigenvalue weighted by atomic mass is 10.2. The number of hydrogen-bond acceptors (Lipinski definition) is 2. The molecular formula is C13H20N2O2S. The van der Waals surface area contributed by atoms with E-state index in [0.717, 1.165) is 10.5 Å². The van der Waals surface area contributed by atoms with Crippen LogP contribution in [0.3, 0.4) is 0 Å². The van der Waals surface area contributed by atoms with E-state index in [1.165, 1.54) is 0 Å². The Balaban J connectivity index is 2.74. The van der Waals surface area contributed by atoms with Crippen molar-refractivity contribution in [2.45, 2.75) is 20.8 Å². The maximum atomic E-state index is 12.3. The molecule has 0 bridgehead atoms. The smallest absolute Gasteiger partial charge is 0.235 e. The number of nitrogens with one attached hydrogen (secondary N) is 1. The highest BCUT2D eigenvalue weighted by atomic mass is 32.2. The van der Waals surface area contributed by atoms with Gasteiger partial charge in [0.1, 0.15) is 11.0 Å². The van der Waals surface area contributed by atoms with E-state index in [1.807, 2.05) is 45.1 Å². The average Bonchev–Trinajstić information content (AvgIpc) is 2.38. The Morgan fingerprint density at radius 2 is 2.06 bits per heavy atom. The second kappa shape index (κ2) is 7.28. The SMILES string of the molecule is C\C=C(C)/C=C\C(=C/C)S(=O)N1CCNC(=O)C1. The molecule has 1 aliphatic rings. The molecule has 1 aliphatic heterocycles. The normalized spacial score (nSPS) is 21.2. The lowest BCUT2D eigenvalue weighted by molar-refractivity contribution is -0.122. The molecule has 1 amide bonds. The number of piperazine rings is 1. The predicted octanol–water partition coefficient (Wildman–Crippen LogP) is 1.51. The van der Waals surface area contributed by atoms with Crippen LogP contribution < -0.4 is 5.32 Å². The third-order valence-electron chi connectivity index (χ3n) is 2.69. The summed E-state index contributed by atoms with van der Waals surface area (Å²) in [5, 5.41) is 2.72. The summed E-state index contributed by atoms with van der Waals surface area (Å²) in [6.07, 6.45) is 7.58. The van der Waals surface area contributed by atoms with Gasteiger partial charge in [0.15, 0.2) is 0 Å². The van der Waals surface area contributed by atoms with Gasteiger partial charge in [0.05, 0.1) is 11.4 Å². The van der Waals surface area contributed by atoms with Crippen LogP contribution in [-0.2, 0) is 15.8 Å². The molecule has 1 N–H and O–H groups in total. The highest BCUT2D eigenvalue weighted by Crippen LogP contribution is 2.12. The van der Waals surface area contributed by atoms with Crippen molar-refractivity contribution < 1.29 is 9.00 Å². The molecule has 1 heterocycles. The van der Waals surface area contributed by atoms with Gasteiger partial charge in [0.2, 0.25) is 5.91 Å². The molecule has 1 atom stereocenters. The topological polar surface area (TPSA) is 49.4 Å². The molecule has 5 heteroatoms. The van der Waals surface area contributed by atoms with Crippen molar-refractivity contribution in [1.82, 2.24) is 9.62 Å². The molecule has 1 saturated heterocycles. The molecule has 18 heavy (non-hydrogen) atoms. The minimum atomic E-state index is -1.26. The summed E-state index contributed by atoms with van der Waals surface area (Å²) < 4.78 is 14.0. The monoisotopic (exact) mass is 268 g/mol. The number of rotatable bonds is 4. The van der Waals surface area contributed by atoms with Gasteiger partial charge < -0.3 is 5.32 Å². The largest absolute Gasteiger partial charge is 0.354 e. The Labute approximate surface area is 111 Å². The van der Waals surface area contributed by atoms with Crippen LogP contribution in [0.25, 0.3) is 0 Å². The zero-order valence-electron chi connectivity index (χ0n) is 11.1. The van der Waals surface area contributed by atoms with Gasteiger partial charge in [-0.3, -0.25) is 4.79 Å². The lowest BCUT2D eigenvalue weighted by Gasteiger charge is -2.25. The van der Waals surface area contributed by atoms with E-state index < -0.39 is 11.0 Å². The van der Waals surface area contributed by atoms with Crippen LogP contribution in [0.5, 0.6) is 0 Å². The quantitative estimate of drug-likeness (QED) is 0.786. The predicted molar refractivity (Wildman–Crippen MR) is 75.1 cm³/mol. The van der Waals surface area contributed by atoms with Crippen molar-refractivity contribution in [2.75, 3.05) is 19.6 Å². The molecule has 0 spiro atoms. The first-order valence-electron chi connectivity index (χ1n) is 5.99. The van der Waals surface area contributed by atoms with E-state index in [9.17, 15) is 9.00 Å². The Kier molecular flexibility index (Phi) is 6.01. The Morgan fingerprint density at radius 1 is 1.33 bits per heavy atom. The third kappa shape index (κ3) is 4.23. The van der Waals surface area contributed by atoms with Crippen molar-refractivity contribution in [3.8, 4) is 0 Å². The molecule has 100 valence electrons. The molecule has 1 unspecified atom stereocenters. The fraction of sp³-hybridized carbons (Fsp3) is 0.462. The van der Waals surface area contributed by atoms with Crippen molar-refractivity contribution in [2.24, 2.45) is 0 Å². The van der Waals surface area contributed by atoms with Crippen molar-refractivity contribution in [1.29, 1.82) is 0 Å². The van der Waals surface area contributed by atoms with Crippen molar-refractivity contribution >= 4 is 16.9 Å². The zero-order valence-corrected chi connectivity index (χ0v) is 11.9. The van der Waals surface area contributed by atoms with E-state index in [1.54, 1.807) is 4.31 Å². The van der Waals surface area contributed by atoms with Gasteiger partial charge in [-0.25, -0.2) is 8.51 Å². The summed E-state index contributed by atoms with van der Waals surface area (Å²) in [4.78, 5) is 12.0. The van der Waals surface area contributed by atoms with E-state index in [4.69, 9.17) is 0 Å². The van der Waals surface area contributed by atoms with Gasteiger partial charge >= 0.3 is 0 Å². The molecule has 1 rings (SSSR count). The second-order valence-electron chi connectivity index (χ2n) is 4.02. The summed E-state index contributed by atoms with van der Waals surface area (Å²) in [6, 6.07) is 0. The fourth-order valence-corrected chi connectivity index (χ4v) is 2.65. The number of allylic oxidation sites excluding steroid dienone is 5. The lowest BCUT2D eigenvalue weighted by Crippen LogP contribution is -2.48. The minimum absolute atomic E-state index is 0.0707. The number of carbonyl (C=O) groups is 1.